The Labute approximate surface area is 129 Å². The molecule has 1 heterocycles. The van der Waals surface area contributed by atoms with Gasteiger partial charge in [0.1, 0.15) is 0 Å². The van der Waals surface area contributed by atoms with Crippen LogP contribution in [0.2, 0.25) is 0 Å². The van der Waals surface area contributed by atoms with E-state index >= 15 is 0 Å². The minimum absolute atomic E-state index is 0.345. The van der Waals surface area contributed by atoms with Crippen LogP contribution in [-0.4, -0.2) is 28.7 Å². The van der Waals surface area contributed by atoms with Gasteiger partial charge in [-0.15, -0.1) is 11.3 Å². The molecular formula is C13H17F3N2O3S. The molecule has 0 saturated heterocycles. The maximum Gasteiger partial charge on any atom is 0.417 e. The summed E-state index contributed by atoms with van der Waals surface area (Å²) >= 11 is 1.24. The van der Waals surface area contributed by atoms with Crippen molar-refractivity contribution < 1.29 is 27.9 Å². The van der Waals surface area contributed by atoms with Gasteiger partial charge in [-0.2, -0.15) is 13.2 Å². The Bertz CT molecular complexity index is 567. The summed E-state index contributed by atoms with van der Waals surface area (Å²) in [6.07, 6.45) is -5.39. The lowest BCUT2D eigenvalue weighted by Gasteiger charge is -2.25. The van der Waals surface area contributed by atoms with E-state index in [2.05, 4.69) is 0 Å². The second kappa shape index (κ2) is 6.66. The zero-order valence-electron chi connectivity index (χ0n) is 12.3. The molecule has 22 heavy (non-hydrogen) atoms. The molecule has 9 heteroatoms. The number of aryl methyl sites for hydroxylation is 2. The number of thiophene rings is 1. The third kappa shape index (κ3) is 4.44. The van der Waals surface area contributed by atoms with Crippen LogP contribution in [0.3, 0.4) is 0 Å². The normalized spacial score (nSPS) is 14.3. The second-order valence-electron chi connectivity index (χ2n) is 5.02. The zero-order valence-corrected chi connectivity index (χ0v) is 13.1. The standard InChI is InChI=1S/C13H17F3N2O3S/c1-4-8-7(2)5-9(22-8)11(20)18-17-10(19)6-12(3,21)13(14,15)16/h5,21H,4,6H2,1-3H3,(H,17,19)(H,18,20)/t12-/m0/s1. The highest BCUT2D eigenvalue weighted by atomic mass is 32.1. The number of hydrazine groups is 1. The second-order valence-corrected chi connectivity index (χ2v) is 6.16. The summed E-state index contributed by atoms with van der Waals surface area (Å²) in [6, 6.07) is 1.64. The van der Waals surface area contributed by atoms with Gasteiger partial charge in [0, 0.05) is 4.88 Å². The summed E-state index contributed by atoms with van der Waals surface area (Å²) < 4.78 is 37.3. The van der Waals surface area contributed by atoms with Gasteiger partial charge in [0.2, 0.25) is 5.91 Å². The van der Waals surface area contributed by atoms with Crippen molar-refractivity contribution in [1.29, 1.82) is 0 Å². The lowest BCUT2D eigenvalue weighted by molar-refractivity contribution is -0.253. The number of rotatable bonds is 4. The number of amides is 2. The van der Waals surface area contributed by atoms with Gasteiger partial charge >= 0.3 is 6.18 Å². The van der Waals surface area contributed by atoms with Crippen molar-refractivity contribution in [2.45, 2.75) is 45.4 Å². The lowest BCUT2D eigenvalue weighted by atomic mass is 10.0. The third-order valence-corrected chi connectivity index (χ3v) is 4.38. The van der Waals surface area contributed by atoms with E-state index in [4.69, 9.17) is 0 Å². The molecule has 0 aromatic carbocycles. The highest BCUT2D eigenvalue weighted by Gasteiger charge is 2.51. The fourth-order valence-corrected chi connectivity index (χ4v) is 2.64. The first kappa shape index (κ1) is 18.4. The first-order chi connectivity index (χ1) is 9.98. The van der Waals surface area contributed by atoms with E-state index in [1.807, 2.05) is 24.7 Å². The van der Waals surface area contributed by atoms with Crippen LogP contribution in [0, 0.1) is 6.92 Å². The van der Waals surface area contributed by atoms with Crippen LogP contribution in [0.25, 0.3) is 0 Å². The number of nitrogens with one attached hydrogen (secondary N) is 2. The number of hydrogen-bond acceptors (Lipinski definition) is 4. The highest BCUT2D eigenvalue weighted by Crippen LogP contribution is 2.32. The number of alkyl halides is 3. The molecule has 0 bridgehead atoms. The van der Waals surface area contributed by atoms with Crippen molar-refractivity contribution in [3.05, 3.63) is 21.4 Å². The fraction of sp³-hybridized carbons (Fsp3) is 0.538. The first-order valence-corrected chi connectivity index (χ1v) is 7.27. The van der Waals surface area contributed by atoms with Crippen LogP contribution < -0.4 is 10.9 Å². The molecule has 0 aliphatic heterocycles. The predicted octanol–water partition coefficient (Wildman–Crippen LogP) is 2.08. The Hall–Kier alpha value is -1.61. The molecule has 0 unspecified atom stereocenters. The van der Waals surface area contributed by atoms with Crippen LogP contribution in [0.5, 0.6) is 0 Å². The topological polar surface area (TPSA) is 78.4 Å². The van der Waals surface area contributed by atoms with Crippen LogP contribution in [0.4, 0.5) is 13.2 Å². The molecule has 0 saturated carbocycles. The van der Waals surface area contributed by atoms with Crippen LogP contribution in [0.15, 0.2) is 6.07 Å². The van der Waals surface area contributed by atoms with Gasteiger partial charge in [0.15, 0.2) is 5.60 Å². The highest BCUT2D eigenvalue weighted by molar-refractivity contribution is 7.14. The van der Waals surface area contributed by atoms with Gasteiger partial charge in [-0.05, 0) is 31.9 Å². The summed E-state index contributed by atoms with van der Waals surface area (Å²) in [6.45, 7) is 4.26. The van der Waals surface area contributed by atoms with E-state index in [1.54, 1.807) is 6.07 Å². The Balaban J connectivity index is 2.59. The van der Waals surface area contributed by atoms with Gasteiger partial charge < -0.3 is 5.11 Å². The number of carbonyl (C=O) groups excluding carboxylic acids is 2. The van der Waals surface area contributed by atoms with Gasteiger partial charge in [0.25, 0.3) is 5.91 Å². The number of halogens is 3. The molecule has 1 atom stereocenters. The number of hydrogen-bond donors (Lipinski definition) is 3. The van der Waals surface area contributed by atoms with E-state index in [9.17, 15) is 27.9 Å². The Morgan fingerprint density at radius 1 is 1.32 bits per heavy atom. The molecule has 1 aromatic heterocycles. The maximum atomic E-state index is 12.4. The minimum Gasteiger partial charge on any atom is -0.380 e. The summed E-state index contributed by atoms with van der Waals surface area (Å²) in [5, 5.41) is 9.18. The summed E-state index contributed by atoms with van der Waals surface area (Å²) in [5.41, 5.74) is 1.67. The molecular weight excluding hydrogens is 321 g/mol. The minimum atomic E-state index is -4.94. The van der Waals surface area contributed by atoms with E-state index in [0.29, 0.717) is 11.8 Å². The molecule has 0 aliphatic carbocycles. The summed E-state index contributed by atoms with van der Waals surface area (Å²) in [4.78, 5) is 24.5. The molecule has 1 aromatic rings. The SMILES string of the molecule is CCc1sc(C(=O)NNC(=O)C[C@](C)(O)C(F)(F)F)cc1C. The van der Waals surface area contributed by atoms with Crippen molar-refractivity contribution in [2.24, 2.45) is 0 Å². The molecule has 0 spiro atoms. The van der Waals surface area contributed by atoms with Gasteiger partial charge in [-0.3, -0.25) is 20.4 Å². The van der Waals surface area contributed by atoms with Gasteiger partial charge in [-0.25, -0.2) is 0 Å². The number of carbonyl (C=O) groups is 2. The monoisotopic (exact) mass is 338 g/mol. The van der Waals surface area contributed by atoms with Gasteiger partial charge in [0.05, 0.1) is 11.3 Å². The maximum absolute atomic E-state index is 12.4. The van der Waals surface area contributed by atoms with Crippen molar-refractivity contribution in [1.82, 2.24) is 10.9 Å². The van der Waals surface area contributed by atoms with Crippen molar-refractivity contribution in [3.63, 3.8) is 0 Å². The van der Waals surface area contributed by atoms with E-state index in [1.165, 1.54) is 11.3 Å². The lowest BCUT2D eigenvalue weighted by Crippen LogP contribution is -2.49. The van der Waals surface area contributed by atoms with Crippen molar-refractivity contribution in [2.75, 3.05) is 0 Å². The first-order valence-electron chi connectivity index (χ1n) is 6.45. The average Bonchev–Trinajstić information content (AvgIpc) is 2.75. The molecule has 124 valence electrons. The van der Waals surface area contributed by atoms with Crippen LogP contribution in [-0.2, 0) is 11.2 Å². The Morgan fingerprint density at radius 2 is 1.91 bits per heavy atom. The molecule has 1 rings (SSSR count). The van der Waals surface area contributed by atoms with Crippen molar-refractivity contribution in [3.8, 4) is 0 Å². The Kier molecular flexibility index (Phi) is 5.58. The molecule has 0 fully saturated rings. The molecule has 2 amide bonds. The Morgan fingerprint density at radius 3 is 2.36 bits per heavy atom. The molecule has 5 nitrogen and oxygen atoms in total. The number of aliphatic hydroxyl groups is 1. The summed E-state index contributed by atoms with van der Waals surface area (Å²) in [5.74, 6) is -1.76. The third-order valence-electron chi connectivity index (χ3n) is 3.00. The molecule has 3 N–H and O–H groups in total. The largest absolute Gasteiger partial charge is 0.417 e. The van der Waals surface area contributed by atoms with E-state index in [0.717, 1.165) is 16.9 Å². The smallest absolute Gasteiger partial charge is 0.380 e. The quantitative estimate of drug-likeness (QED) is 0.736. The average molecular weight is 338 g/mol. The van der Waals surface area contributed by atoms with Crippen molar-refractivity contribution >= 4 is 23.2 Å². The molecule has 0 aliphatic rings. The van der Waals surface area contributed by atoms with Crippen LogP contribution in [0.1, 0.15) is 40.4 Å². The van der Waals surface area contributed by atoms with Gasteiger partial charge in [-0.1, -0.05) is 6.92 Å². The van der Waals surface area contributed by atoms with E-state index in [-0.39, 0.29) is 0 Å². The predicted molar refractivity (Wildman–Crippen MR) is 75.3 cm³/mol. The van der Waals surface area contributed by atoms with E-state index < -0.39 is 30.0 Å². The molecule has 0 radical (unpaired) electrons. The fourth-order valence-electron chi connectivity index (χ4n) is 1.63. The van der Waals surface area contributed by atoms with Crippen LogP contribution >= 0.6 is 11.3 Å². The summed E-state index contributed by atoms with van der Waals surface area (Å²) in [7, 11) is 0. The zero-order chi connectivity index (χ0) is 17.1.